The first-order chi connectivity index (χ1) is 18.4. The van der Waals surface area contributed by atoms with Crippen LogP contribution in [0.4, 0.5) is 0 Å². The molecule has 0 amide bonds. The number of aliphatic carboxylic acids is 1. The number of aryl methyl sites for hydroxylation is 3. The summed E-state index contributed by atoms with van der Waals surface area (Å²) in [5, 5.41) is 18.4. The van der Waals surface area contributed by atoms with Gasteiger partial charge in [-0.25, -0.2) is 4.68 Å². The van der Waals surface area contributed by atoms with Crippen molar-refractivity contribution in [2.75, 3.05) is 6.54 Å². The second-order valence-corrected chi connectivity index (χ2v) is 10.7. The molecule has 0 spiro atoms. The van der Waals surface area contributed by atoms with Crippen LogP contribution in [0.1, 0.15) is 71.5 Å². The molecular weight excluding hydrogens is 476 g/mol. The summed E-state index contributed by atoms with van der Waals surface area (Å²) < 4.78 is 8.13. The maximum atomic E-state index is 12.1. The molecular formula is C31H34N4O3. The lowest BCUT2D eigenvalue weighted by molar-refractivity contribution is -0.137. The molecule has 1 aromatic heterocycles. The minimum atomic E-state index is -0.808. The third kappa shape index (κ3) is 4.35. The fourth-order valence-corrected chi connectivity index (χ4v) is 6.36. The Labute approximate surface area is 223 Å². The topological polar surface area (TPSA) is 80.5 Å². The number of carboxylic acid groups (broad SMARTS) is 1. The Morgan fingerprint density at radius 3 is 2.82 bits per heavy atom. The SMILES string of the molecule is CC[C@@H]1CN([C@H]2CCc3ccc(C(CC(=O)O)c4ccc5c(nnn5C)c4C)cc32)Cc2ccccc2O1. The number of hydrogen-bond acceptors (Lipinski definition) is 5. The summed E-state index contributed by atoms with van der Waals surface area (Å²) in [6.45, 7) is 5.93. The molecule has 1 aliphatic heterocycles. The molecule has 38 heavy (non-hydrogen) atoms. The van der Waals surface area contributed by atoms with E-state index in [1.165, 1.54) is 16.7 Å². The maximum Gasteiger partial charge on any atom is 0.304 e. The van der Waals surface area contributed by atoms with Crippen LogP contribution >= 0.6 is 0 Å². The largest absolute Gasteiger partial charge is 0.489 e. The molecule has 7 nitrogen and oxygen atoms in total. The van der Waals surface area contributed by atoms with Crippen molar-refractivity contribution >= 4 is 17.0 Å². The Kier molecular flexibility index (Phi) is 6.40. The summed E-state index contributed by atoms with van der Waals surface area (Å²) in [4.78, 5) is 14.6. The summed E-state index contributed by atoms with van der Waals surface area (Å²) in [5.74, 6) is -0.0787. The van der Waals surface area contributed by atoms with Gasteiger partial charge in [0.2, 0.25) is 0 Å². The number of hydrogen-bond donors (Lipinski definition) is 1. The Bertz CT molecular complexity index is 1510. The number of carbonyl (C=O) groups is 1. The van der Waals surface area contributed by atoms with E-state index in [1.54, 1.807) is 4.68 Å². The molecule has 0 radical (unpaired) electrons. The van der Waals surface area contributed by atoms with Crippen molar-refractivity contribution in [2.24, 2.45) is 7.05 Å². The van der Waals surface area contributed by atoms with Crippen LogP contribution < -0.4 is 4.74 Å². The van der Waals surface area contributed by atoms with Gasteiger partial charge in [-0.1, -0.05) is 54.6 Å². The summed E-state index contributed by atoms with van der Waals surface area (Å²) in [5.41, 5.74) is 8.72. The van der Waals surface area contributed by atoms with Crippen molar-refractivity contribution in [3.63, 3.8) is 0 Å². The highest BCUT2D eigenvalue weighted by molar-refractivity contribution is 5.80. The summed E-state index contributed by atoms with van der Waals surface area (Å²) in [7, 11) is 1.87. The van der Waals surface area contributed by atoms with Gasteiger partial charge in [0.15, 0.2) is 0 Å². The number of aromatic nitrogens is 3. The lowest BCUT2D eigenvalue weighted by Crippen LogP contribution is -2.34. The standard InChI is InChI=1S/C31H34N4O3/c1-4-23-18-35(17-22-7-5-6-8-29(22)38-23)27-13-11-20-9-10-21(15-26(20)27)25(16-30(36)37)24-12-14-28-31(19(24)2)32-33-34(28)3/h5-10,12,14-15,23,25,27H,4,11,13,16-18H2,1-3H3,(H,36,37)/t23-,25?,27+/m1/s1. The van der Waals surface area contributed by atoms with E-state index in [0.717, 1.165) is 65.8 Å². The van der Waals surface area contributed by atoms with E-state index in [4.69, 9.17) is 4.74 Å². The molecule has 7 heteroatoms. The van der Waals surface area contributed by atoms with E-state index < -0.39 is 5.97 Å². The maximum absolute atomic E-state index is 12.1. The summed E-state index contributed by atoms with van der Waals surface area (Å²) in [6.07, 6.45) is 3.22. The molecule has 196 valence electrons. The average molecular weight is 511 g/mol. The van der Waals surface area contributed by atoms with Gasteiger partial charge in [-0.2, -0.15) is 0 Å². The molecule has 0 saturated carbocycles. The molecule has 6 rings (SSSR count). The molecule has 3 atom stereocenters. The monoisotopic (exact) mass is 510 g/mol. The van der Waals surface area contributed by atoms with E-state index >= 15 is 0 Å². The second-order valence-electron chi connectivity index (χ2n) is 10.7. The number of rotatable bonds is 6. The predicted molar refractivity (Wildman–Crippen MR) is 146 cm³/mol. The van der Waals surface area contributed by atoms with Crippen molar-refractivity contribution < 1.29 is 14.6 Å². The van der Waals surface area contributed by atoms with Gasteiger partial charge in [-0.15, -0.1) is 5.10 Å². The number of nitrogens with zero attached hydrogens (tertiary/aromatic N) is 4. The zero-order valence-corrected chi connectivity index (χ0v) is 22.2. The molecule has 2 heterocycles. The second kappa shape index (κ2) is 9.87. The fourth-order valence-electron chi connectivity index (χ4n) is 6.36. The Morgan fingerprint density at radius 1 is 1.16 bits per heavy atom. The molecule has 4 aromatic rings. The van der Waals surface area contributed by atoms with Crippen LogP contribution in [0.25, 0.3) is 11.0 Å². The van der Waals surface area contributed by atoms with Crippen LogP contribution in [0, 0.1) is 6.92 Å². The van der Waals surface area contributed by atoms with Crippen LogP contribution in [0.5, 0.6) is 5.75 Å². The van der Waals surface area contributed by atoms with Gasteiger partial charge in [0.1, 0.15) is 17.4 Å². The first-order valence-electron chi connectivity index (χ1n) is 13.5. The highest BCUT2D eigenvalue weighted by atomic mass is 16.5. The highest BCUT2D eigenvalue weighted by Gasteiger charge is 2.33. The molecule has 3 aromatic carbocycles. The van der Waals surface area contributed by atoms with Crippen LogP contribution in [-0.4, -0.2) is 43.6 Å². The number of fused-ring (bicyclic) bond motifs is 3. The van der Waals surface area contributed by atoms with E-state index in [0.29, 0.717) is 0 Å². The molecule has 1 unspecified atom stereocenters. The van der Waals surface area contributed by atoms with E-state index in [9.17, 15) is 9.90 Å². The van der Waals surface area contributed by atoms with Gasteiger partial charge < -0.3 is 9.84 Å². The van der Waals surface area contributed by atoms with Crippen LogP contribution in [0.15, 0.2) is 54.6 Å². The van der Waals surface area contributed by atoms with Crippen LogP contribution in [0.2, 0.25) is 0 Å². The van der Waals surface area contributed by atoms with Gasteiger partial charge in [-0.3, -0.25) is 9.69 Å². The Hall–Kier alpha value is -3.71. The van der Waals surface area contributed by atoms with Crippen molar-refractivity contribution in [1.29, 1.82) is 0 Å². The fraction of sp³-hybridized carbons (Fsp3) is 0.387. The van der Waals surface area contributed by atoms with Gasteiger partial charge in [-0.05, 0) is 66.1 Å². The molecule has 1 N–H and O–H groups in total. The zero-order valence-electron chi connectivity index (χ0n) is 22.2. The molecule has 0 fully saturated rings. The van der Waals surface area contributed by atoms with Gasteiger partial charge in [0.05, 0.1) is 11.9 Å². The first-order valence-corrected chi connectivity index (χ1v) is 13.5. The predicted octanol–water partition coefficient (Wildman–Crippen LogP) is 5.54. The Balaban J connectivity index is 1.39. The average Bonchev–Trinajstić information content (AvgIpc) is 3.45. The minimum Gasteiger partial charge on any atom is -0.489 e. The third-order valence-electron chi connectivity index (χ3n) is 8.43. The molecule has 0 saturated heterocycles. The third-order valence-corrected chi connectivity index (χ3v) is 8.43. The highest BCUT2D eigenvalue weighted by Crippen LogP contribution is 2.42. The van der Waals surface area contributed by atoms with Crippen LogP contribution in [-0.2, 0) is 24.8 Å². The lowest BCUT2D eigenvalue weighted by Gasteiger charge is -2.30. The number of para-hydroxylation sites is 1. The van der Waals surface area contributed by atoms with E-state index in [2.05, 4.69) is 58.5 Å². The Morgan fingerprint density at radius 2 is 2.00 bits per heavy atom. The smallest absolute Gasteiger partial charge is 0.304 e. The first kappa shape index (κ1) is 24.6. The minimum absolute atomic E-state index is 0.0267. The normalized spacial score (nSPS) is 20.0. The molecule has 2 aliphatic rings. The molecule has 1 aliphatic carbocycles. The lowest BCUT2D eigenvalue weighted by atomic mass is 9.84. The van der Waals surface area contributed by atoms with Crippen molar-refractivity contribution in [1.82, 2.24) is 19.9 Å². The summed E-state index contributed by atoms with van der Waals surface area (Å²) >= 11 is 0. The van der Waals surface area contributed by atoms with E-state index in [-0.39, 0.29) is 24.5 Å². The van der Waals surface area contributed by atoms with Crippen LogP contribution in [0.3, 0.4) is 0 Å². The number of carboxylic acids is 1. The molecule has 0 bridgehead atoms. The van der Waals surface area contributed by atoms with Crippen molar-refractivity contribution in [3.8, 4) is 5.75 Å². The van der Waals surface area contributed by atoms with Crippen molar-refractivity contribution in [2.45, 2.75) is 64.1 Å². The number of benzene rings is 3. The van der Waals surface area contributed by atoms with Gasteiger partial charge >= 0.3 is 5.97 Å². The van der Waals surface area contributed by atoms with Gasteiger partial charge in [0.25, 0.3) is 0 Å². The van der Waals surface area contributed by atoms with E-state index in [1.807, 2.05) is 32.2 Å². The van der Waals surface area contributed by atoms with Crippen molar-refractivity contribution in [3.05, 3.63) is 88.0 Å². The quantitative estimate of drug-likeness (QED) is 0.367. The zero-order chi connectivity index (χ0) is 26.4. The number of ether oxygens (including phenoxy) is 1. The van der Waals surface area contributed by atoms with Gasteiger partial charge in [0, 0.05) is 37.7 Å². The summed E-state index contributed by atoms with van der Waals surface area (Å²) in [6, 6.07) is 19.3.